The maximum Gasteiger partial charge on any atom is 0.321 e. The number of hydrogen-bond acceptors (Lipinski definition) is 6. The fraction of sp³-hybridized carbons (Fsp3) is 0.594. The van der Waals surface area contributed by atoms with Crippen LogP contribution in [0.25, 0.3) is 10.2 Å². The first-order valence-corrected chi connectivity index (χ1v) is 16.2. The van der Waals surface area contributed by atoms with Gasteiger partial charge in [0.15, 0.2) is 0 Å². The molecule has 0 spiro atoms. The number of nitrogens with zero attached hydrogens (tertiary/aromatic N) is 4. The number of amides is 2. The lowest BCUT2D eigenvalue weighted by atomic mass is 9.49. The van der Waals surface area contributed by atoms with Crippen molar-refractivity contribution in [2.45, 2.75) is 69.6 Å². The second-order valence-electron chi connectivity index (χ2n) is 13.1. The Balaban J connectivity index is 1.08. The van der Waals surface area contributed by atoms with E-state index in [1.807, 2.05) is 40.5 Å². The topological polar surface area (TPSA) is 70.6 Å². The van der Waals surface area contributed by atoms with Crippen LogP contribution in [-0.4, -0.2) is 54.2 Å². The number of methoxy groups -OCH3 is 1. The Bertz CT molecular complexity index is 1410. The van der Waals surface area contributed by atoms with Gasteiger partial charge in [0.25, 0.3) is 0 Å². The van der Waals surface area contributed by atoms with Gasteiger partial charge in [0.1, 0.15) is 22.2 Å². The molecule has 0 atom stereocenters. The molecule has 2 aromatic heterocycles. The molecule has 4 bridgehead atoms. The third kappa shape index (κ3) is 4.16. The minimum Gasteiger partial charge on any atom is -0.497 e. The van der Waals surface area contributed by atoms with Crippen molar-refractivity contribution in [3.05, 3.63) is 40.5 Å². The number of carbonyl (C=O) groups is 1. The van der Waals surface area contributed by atoms with E-state index in [1.54, 1.807) is 7.11 Å². The van der Waals surface area contributed by atoms with Crippen molar-refractivity contribution in [1.29, 1.82) is 0 Å². The molecule has 210 valence electrons. The summed E-state index contributed by atoms with van der Waals surface area (Å²) in [6.45, 7) is 2.97. The van der Waals surface area contributed by atoms with Gasteiger partial charge < -0.3 is 19.9 Å². The van der Waals surface area contributed by atoms with Gasteiger partial charge in [0.2, 0.25) is 0 Å². The Labute approximate surface area is 240 Å². The zero-order valence-electron chi connectivity index (χ0n) is 23.5. The highest BCUT2D eigenvalue weighted by molar-refractivity contribution is 7.19. The Morgan fingerprint density at radius 1 is 0.950 bits per heavy atom. The summed E-state index contributed by atoms with van der Waals surface area (Å²) < 4.78 is 5.24. The van der Waals surface area contributed by atoms with Crippen molar-refractivity contribution >= 4 is 39.1 Å². The van der Waals surface area contributed by atoms with Gasteiger partial charge in [-0.3, -0.25) is 0 Å². The van der Waals surface area contributed by atoms with Crippen LogP contribution in [0.1, 0.15) is 67.6 Å². The molecule has 6 aliphatic rings. The van der Waals surface area contributed by atoms with Gasteiger partial charge in [0, 0.05) is 42.2 Å². The standard InChI is InChI=1S/C32H39N5O2S/c1-39-24-8-6-23(7-9-24)33-31(38)37-12-10-36(11-13-37)28-27-25-4-2-3-5-26(25)40-29(27)35-30(34-28)32-17-20-14-21(18-32)16-22(15-20)19-32/h6-9,20-22H,2-5,10-19H2,1H3,(H,33,38). The van der Waals surface area contributed by atoms with Crippen LogP contribution >= 0.6 is 11.3 Å². The number of aromatic nitrogens is 2. The van der Waals surface area contributed by atoms with E-state index in [1.165, 1.54) is 78.4 Å². The molecule has 9 rings (SSSR count). The van der Waals surface area contributed by atoms with Crippen molar-refractivity contribution in [3.8, 4) is 5.75 Å². The van der Waals surface area contributed by atoms with Crippen LogP contribution in [0, 0.1) is 17.8 Å². The lowest BCUT2D eigenvalue weighted by Gasteiger charge is -2.56. The van der Waals surface area contributed by atoms with E-state index in [0.29, 0.717) is 13.1 Å². The number of piperazine rings is 1. The Morgan fingerprint density at radius 3 is 2.30 bits per heavy atom. The van der Waals surface area contributed by atoms with Crippen molar-refractivity contribution in [2.75, 3.05) is 43.5 Å². The summed E-state index contributed by atoms with van der Waals surface area (Å²) in [5.41, 5.74) is 2.48. The zero-order chi connectivity index (χ0) is 26.8. The van der Waals surface area contributed by atoms with Gasteiger partial charge in [-0.25, -0.2) is 14.8 Å². The number of urea groups is 1. The van der Waals surface area contributed by atoms with E-state index >= 15 is 0 Å². The highest BCUT2D eigenvalue weighted by atomic mass is 32.1. The normalized spacial score (nSPS) is 29.1. The number of benzene rings is 1. The number of carbonyl (C=O) groups excluding carboxylic acids is 1. The van der Waals surface area contributed by atoms with E-state index in [2.05, 4.69) is 10.2 Å². The highest BCUT2D eigenvalue weighted by Gasteiger charge is 2.53. The van der Waals surface area contributed by atoms with Crippen LogP contribution in [0.4, 0.5) is 16.3 Å². The molecular weight excluding hydrogens is 518 g/mol. The summed E-state index contributed by atoms with van der Waals surface area (Å²) in [6, 6.07) is 7.47. The predicted molar refractivity (Wildman–Crippen MR) is 160 cm³/mol. The summed E-state index contributed by atoms with van der Waals surface area (Å²) in [5, 5.41) is 4.38. The summed E-state index contributed by atoms with van der Waals surface area (Å²) in [5.74, 6) is 5.71. The zero-order valence-corrected chi connectivity index (χ0v) is 24.3. The van der Waals surface area contributed by atoms with Crippen LogP contribution in [0.3, 0.4) is 0 Å². The maximum atomic E-state index is 13.1. The van der Waals surface area contributed by atoms with E-state index in [0.717, 1.165) is 60.3 Å². The lowest BCUT2D eigenvalue weighted by Crippen LogP contribution is -2.51. The van der Waals surface area contributed by atoms with E-state index in [-0.39, 0.29) is 11.4 Å². The number of rotatable bonds is 4. The largest absolute Gasteiger partial charge is 0.497 e. The smallest absolute Gasteiger partial charge is 0.321 e. The fourth-order valence-electron chi connectivity index (χ4n) is 8.99. The number of nitrogens with one attached hydrogen (secondary N) is 1. The number of thiophene rings is 1. The molecule has 7 nitrogen and oxygen atoms in total. The first-order valence-electron chi connectivity index (χ1n) is 15.3. The van der Waals surface area contributed by atoms with E-state index in [4.69, 9.17) is 14.7 Å². The van der Waals surface area contributed by atoms with Crippen molar-refractivity contribution in [2.24, 2.45) is 17.8 Å². The third-order valence-corrected chi connectivity index (χ3v) is 11.7. The van der Waals surface area contributed by atoms with Crippen molar-refractivity contribution in [1.82, 2.24) is 14.9 Å². The SMILES string of the molecule is COc1ccc(NC(=O)N2CCN(c3nc(C45CC6CC(CC(C6)C4)C5)nc4sc5c(c34)CCCC5)CC2)cc1. The monoisotopic (exact) mass is 557 g/mol. The van der Waals surface area contributed by atoms with Crippen LogP contribution in [-0.2, 0) is 18.3 Å². The molecule has 1 N–H and O–H groups in total. The molecule has 1 aliphatic heterocycles. The molecule has 3 aromatic rings. The van der Waals surface area contributed by atoms with Gasteiger partial charge >= 0.3 is 6.03 Å². The quantitative estimate of drug-likeness (QED) is 0.402. The number of anilines is 2. The number of hydrogen-bond donors (Lipinski definition) is 1. The average molecular weight is 558 g/mol. The fourth-order valence-corrected chi connectivity index (χ4v) is 10.2. The van der Waals surface area contributed by atoms with Crippen molar-refractivity contribution in [3.63, 3.8) is 0 Å². The van der Waals surface area contributed by atoms with Gasteiger partial charge in [-0.15, -0.1) is 11.3 Å². The Morgan fingerprint density at radius 2 is 1.62 bits per heavy atom. The first kappa shape index (κ1) is 24.9. The van der Waals surface area contributed by atoms with Crippen LogP contribution in [0.15, 0.2) is 24.3 Å². The molecule has 0 radical (unpaired) electrons. The minimum absolute atomic E-state index is 0.0418. The minimum atomic E-state index is -0.0418. The average Bonchev–Trinajstić information content (AvgIpc) is 3.35. The second kappa shape index (κ2) is 9.61. The van der Waals surface area contributed by atoms with Crippen LogP contribution in [0.2, 0.25) is 0 Å². The molecule has 2 amide bonds. The molecule has 1 aromatic carbocycles. The van der Waals surface area contributed by atoms with Gasteiger partial charge in [-0.2, -0.15) is 0 Å². The molecule has 4 saturated carbocycles. The molecule has 40 heavy (non-hydrogen) atoms. The van der Waals surface area contributed by atoms with Crippen molar-refractivity contribution < 1.29 is 9.53 Å². The highest BCUT2D eigenvalue weighted by Crippen LogP contribution is 2.60. The third-order valence-electron chi connectivity index (χ3n) is 10.5. The number of aryl methyl sites for hydroxylation is 2. The van der Waals surface area contributed by atoms with Gasteiger partial charge in [-0.05, 0) is 112 Å². The number of fused-ring (bicyclic) bond motifs is 3. The summed E-state index contributed by atoms with van der Waals surface area (Å²) in [4.78, 5) is 31.2. The van der Waals surface area contributed by atoms with E-state index < -0.39 is 0 Å². The summed E-state index contributed by atoms with van der Waals surface area (Å²) in [6.07, 6.45) is 13.0. The first-order chi connectivity index (χ1) is 19.6. The van der Waals surface area contributed by atoms with Crippen LogP contribution in [0.5, 0.6) is 5.75 Å². The summed E-state index contributed by atoms with van der Waals surface area (Å²) in [7, 11) is 1.65. The van der Waals surface area contributed by atoms with Gasteiger partial charge in [0.05, 0.1) is 12.5 Å². The molecule has 5 aliphatic carbocycles. The molecule has 3 heterocycles. The lowest BCUT2D eigenvalue weighted by molar-refractivity contribution is -0.00918. The maximum absolute atomic E-state index is 13.1. The Hall–Kier alpha value is -2.87. The molecule has 1 saturated heterocycles. The van der Waals surface area contributed by atoms with Gasteiger partial charge in [-0.1, -0.05) is 0 Å². The van der Waals surface area contributed by atoms with E-state index in [9.17, 15) is 4.79 Å². The summed E-state index contributed by atoms with van der Waals surface area (Å²) >= 11 is 1.94. The second-order valence-corrected chi connectivity index (χ2v) is 14.2. The molecule has 5 fully saturated rings. The molecular formula is C32H39N5O2S. The van der Waals surface area contributed by atoms with Crippen LogP contribution < -0.4 is 15.0 Å². The molecule has 8 heteroatoms. The Kier molecular flexibility index (Phi) is 5.98. The number of ether oxygens (including phenoxy) is 1. The molecule has 0 unspecified atom stereocenters. The predicted octanol–water partition coefficient (Wildman–Crippen LogP) is 6.40.